The van der Waals surface area contributed by atoms with Crippen molar-refractivity contribution >= 4 is 15.7 Å². The lowest BCUT2D eigenvalue weighted by Gasteiger charge is -2.25. The van der Waals surface area contributed by atoms with Gasteiger partial charge in [-0.25, -0.2) is 8.42 Å². The van der Waals surface area contributed by atoms with E-state index < -0.39 is 10.0 Å². The van der Waals surface area contributed by atoms with Gasteiger partial charge in [0, 0.05) is 6.54 Å². The smallest absolute Gasteiger partial charge is 0.264 e. The van der Waals surface area contributed by atoms with Crippen molar-refractivity contribution in [1.82, 2.24) is 0 Å². The average molecular weight is 333 g/mol. The Morgan fingerprint density at radius 3 is 2.30 bits per heavy atom. The summed E-state index contributed by atoms with van der Waals surface area (Å²) in [4.78, 5) is 0.276. The molecule has 124 valence electrons. The van der Waals surface area contributed by atoms with E-state index in [-0.39, 0.29) is 4.90 Å². The molecular weight excluding hydrogens is 310 g/mol. The summed E-state index contributed by atoms with van der Waals surface area (Å²) in [6.45, 7) is 7.98. The van der Waals surface area contributed by atoms with Crippen molar-refractivity contribution in [3.8, 4) is 5.75 Å². The number of aryl methyl sites for hydroxylation is 2. The summed E-state index contributed by atoms with van der Waals surface area (Å²) in [6.07, 6.45) is 0. The Balaban J connectivity index is 2.56. The Morgan fingerprint density at radius 1 is 1.04 bits per heavy atom. The average Bonchev–Trinajstić information content (AvgIpc) is 2.51. The van der Waals surface area contributed by atoms with Crippen molar-refractivity contribution in [3.63, 3.8) is 0 Å². The van der Waals surface area contributed by atoms with Crippen molar-refractivity contribution in [2.45, 2.75) is 32.6 Å². The molecule has 0 aliphatic carbocycles. The fraction of sp³-hybridized carbons (Fsp3) is 0.333. The van der Waals surface area contributed by atoms with Gasteiger partial charge in [0.15, 0.2) is 0 Å². The highest BCUT2D eigenvalue weighted by molar-refractivity contribution is 7.92. The molecule has 0 unspecified atom stereocenters. The third-order valence-electron chi connectivity index (χ3n) is 4.09. The van der Waals surface area contributed by atoms with Crippen LogP contribution in [0.2, 0.25) is 0 Å². The molecule has 2 rings (SSSR count). The van der Waals surface area contributed by atoms with Gasteiger partial charge in [0.1, 0.15) is 5.75 Å². The van der Waals surface area contributed by atoms with Crippen LogP contribution in [0.4, 0.5) is 5.69 Å². The minimum atomic E-state index is -3.61. The lowest BCUT2D eigenvalue weighted by molar-refractivity contribution is 0.411. The summed E-state index contributed by atoms with van der Waals surface area (Å²) in [5.41, 5.74) is 3.57. The Bertz CT molecular complexity index is 813. The van der Waals surface area contributed by atoms with E-state index in [1.807, 2.05) is 45.9 Å². The van der Waals surface area contributed by atoms with Crippen LogP contribution in [0.15, 0.2) is 41.3 Å². The molecule has 0 aliphatic heterocycles. The summed E-state index contributed by atoms with van der Waals surface area (Å²) in [5, 5.41) is 0. The summed E-state index contributed by atoms with van der Waals surface area (Å²) >= 11 is 0. The molecule has 0 fully saturated rings. The van der Waals surface area contributed by atoms with Crippen molar-refractivity contribution in [2.24, 2.45) is 0 Å². The van der Waals surface area contributed by atoms with Gasteiger partial charge in [-0.1, -0.05) is 12.1 Å². The van der Waals surface area contributed by atoms with Gasteiger partial charge in [-0.15, -0.1) is 0 Å². The van der Waals surface area contributed by atoms with Crippen LogP contribution in [0, 0.1) is 20.8 Å². The van der Waals surface area contributed by atoms with E-state index in [0.717, 1.165) is 22.4 Å². The maximum atomic E-state index is 13.1. The molecule has 0 N–H and O–H groups in total. The second-order valence-corrected chi connectivity index (χ2v) is 7.38. The van der Waals surface area contributed by atoms with Crippen LogP contribution in [-0.2, 0) is 10.0 Å². The van der Waals surface area contributed by atoms with Crippen molar-refractivity contribution < 1.29 is 13.2 Å². The third kappa shape index (κ3) is 3.20. The summed E-state index contributed by atoms with van der Waals surface area (Å²) < 4.78 is 32.8. The molecule has 0 bridgehead atoms. The van der Waals surface area contributed by atoms with Gasteiger partial charge in [-0.05, 0) is 68.7 Å². The lowest BCUT2D eigenvalue weighted by atomic mass is 10.1. The molecule has 4 nitrogen and oxygen atoms in total. The maximum absolute atomic E-state index is 13.1. The topological polar surface area (TPSA) is 46.6 Å². The van der Waals surface area contributed by atoms with Crippen LogP contribution in [0.1, 0.15) is 23.6 Å². The molecule has 23 heavy (non-hydrogen) atoms. The van der Waals surface area contributed by atoms with E-state index in [0.29, 0.717) is 12.3 Å². The number of benzene rings is 2. The van der Waals surface area contributed by atoms with E-state index in [1.165, 1.54) is 4.31 Å². The number of hydrogen-bond donors (Lipinski definition) is 0. The minimum Gasteiger partial charge on any atom is -0.496 e. The molecule has 5 heteroatoms. The largest absolute Gasteiger partial charge is 0.496 e. The molecule has 0 radical (unpaired) electrons. The highest BCUT2D eigenvalue weighted by Gasteiger charge is 2.25. The highest BCUT2D eigenvalue weighted by Crippen LogP contribution is 2.30. The van der Waals surface area contributed by atoms with Crippen LogP contribution in [0.25, 0.3) is 0 Å². The number of hydrogen-bond acceptors (Lipinski definition) is 3. The number of ether oxygens (including phenoxy) is 1. The van der Waals surface area contributed by atoms with Crippen LogP contribution < -0.4 is 9.04 Å². The molecule has 0 amide bonds. The van der Waals surface area contributed by atoms with E-state index >= 15 is 0 Å². The van der Waals surface area contributed by atoms with Gasteiger partial charge >= 0.3 is 0 Å². The minimum absolute atomic E-state index is 0.276. The van der Waals surface area contributed by atoms with Crippen molar-refractivity contribution in [3.05, 3.63) is 53.1 Å². The van der Waals surface area contributed by atoms with Gasteiger partial charge in [0.25, 0.3) is 10.0 Å². The lowest BCUT2D eigenvalue weighted by Crippen LogP contribution is -2.31. The molecule has 0 atom stereocenters. The third-order valence-corrected chi connectivity index (χ3v) is 5.97. The number of rotatable bonds is 5. The van der Waals surface area contributed by atoms with Gasteiger partial charge in [-0.3, -0.25) is 4.31 Å². The van der Waals surface area contributed by atoms with Crippen LogP contribution in [0.5, 0.6) is 5.75 Å². The monoisotopic (exact) mass is 333 g/mol. The normalized spacial score (nSPS) is 11.3. The Kier molecular flexibility index (Phi) is 5.00. The summed E-state index contributed by atoms with van der Waals surface area (Å²) in [7, 11) is -2.04. The second-order valence-electron chi connectivity index (χ2n) is 5.52. The molecule has 2 aromatic carbocycles. The fourth-order valence-electron chi connectivity index (χ4n) is 2.61. The fourth-order valence-corrected chi connectivity index (χ4v) is 4.23. The van der Waals surface area contributed by atoms with E-state index in [1.54, 1.807) is 25.3 Å². The van der Waals surface area contributed by atoms with Gasteiger partial charge < -0.3 is 4.74 Å². The highest BCUT2D eigenvalue weighted by atomic mass is 32.2. The number of methoxy groups -OCH3 is 1. The molecular formula is C18H23NO3S. The second kappa shape index (κ2) is 6.62. The maximum Gasteiger partial charge on any atom is 0.264 e. The standard InChI is InChI=1S/C18H23NO3S/c1-6-19(17-9-7-8-13(2)15(17)4)23(20,21)16-10-11-18(22-5)14(3)12-16/h7-12H,6H2,1-5H3. The predicted octanol–water partition coefficient (Wildman–Crippen LogP) is 3.84. The zero-order valence-electron chi connectivity index (χ0n) is 14.3. The Labute approximate surface area is 138 Å². The number of nitrogens with zero attached hydrogens (tertiary/aromatic N) is 1. The summed E-state index contributed by atoms with van der Waals surface area (Å²) in [6, 6.07) is 10.7. The van der Waals surface area contributed by atoms with Gasteiger partial charge in [-0.2, -0.15) is 0 Å². The first kappa shape index (κ1) is 17.3. The first-order chi connectivity index (χ1) is 10.8. The van der Waals surface area contributed by atoms with Gasteiger partial charge in [0.05, 0.1) is 17.7 Å². The van der Waals surface area contributed by atoms with E-state index in [9.17, 15) is 8.42 Å². The Morgan fingerprint density at radius 2 is 1.74 bits per heavy atom. The van der Waals surface area contributed by atoms with Crippen molar-refractivity contribution in [2.75, 3.05) is 18.0 Å². The van der Waals surface area contributed by atoms with Crippen molar-refractivity contribution in [1.29, 1.82) is 0 Å². The molecule has 0 heterocycles. The van der Waals surface area contributed by atoms with E-state index in [4.69, 9.17) is 4.74 Å². The first-order valence-electron chi connectivity index (χ1n) is 7.56. The SMILES string of the molecule is CCN(c1cccc(C)c1C)S(=O)(=O)c1ccc(OC)c(C)c1. The zero-order chi connectivity index (χ0) is 17.2. The van der Waals surface area contributed by atoms with Crippen LogP contribution in [0.3, 0.4) is 0 Å². The predicted molar refractivity (Wildman–Crippen MR) is 93.9 cm³/mol. The van der Waals surface area contributed by atoms with Crippen LogP contribution >= 0.6 is 0 Å². The van der Waals surface area contributed by atoms with Gasteiger partial charge in [0.2, 0.25) is 0 Å². The summed E-state index contributed by atoms with van der Waals surface area (Å²) in [5.74, 6) is 0.679. The van der Waals surface area contributed by atoms with Crippen LogP contribution in [-0.4, -0.2) is 22.1 Å². The zero-order valence-corrected chi connectivity index (χ0v) is 15.1. The quantitative estimate of drug-likeness (QED) is 0.835. The molecule has 0 saturated carbocycles. The number of anilines is 1. The number of sulfonamides is 1. The molecule has 0 aromatic heterocycles. The first-order valence-corrected chi connectivity index (χ1v) is 9.00. The Hall–Kier alpha value is -2.01. The molecule has 0 saturated heterocycles. The molecule has 0 spiro atoms. The molecule has 2 aromatic rings. The van der Waals surface area contributed by atoms with E-state index in [2.05, 4.69) is 0 Å². The molecule has 0 aliphatic rings.